The van der Waals surface area contributed by atoms with Gasteiger partial charge in [-0.1, -0.05) is 36.4 Å². The topological polar surface area (TPSA) is 36.9 Å². The zero-order valence-electron chi connectivity index (χ0n) is 17.6. The zero-order valence-corrected chi connectivity index (χ0v) is 17.6. The van der Waals surface area contributed by atoms with E-state index in [0.29, 0.717) is 13.2 Å². The van der Waals surface area contributed by atoms with Crippen LogP contribution in [0.25, 0.3) is 11.1 Å². The molecule has 1 saturated heterocycles. The van der Waals surface area contributed by atoms with Crippen molar-refractivity contribution in [1.29, 1.82) is 0 Å². The largest absolute Gasteiger partial charge is 0.465 e. The van der Waals surface area contributed by atoms with Crippen LogP contribution in [0.4, 0.5) is 0 Å². The molecule has 0 spiro atoms. The number of ether oxygens (including phenoxy) is 4. The summed E-state index contributed by atoms with van der Waals surface area (Å²) in [5, 5.41) is 0. The van der Waals surface area contributed by atoms with Gasteiger partial charge in [0.2, 0.25) is 0 Å². The van der Waals surface area contributed by atoms with Gasteiger partial charge in [0.1, 0.15) is 5.75 Å². The van der Waals surface area contributed by atoms with Crippen LogP contribution >= 0.6 is 0 Å². The summed E-state index contributed by atoms with van der Waals surface area (Å²) in [5.41, 5.74) is 3.81. The fourth-order valence-electron chi connectivity index (χ4n) is 3.44. The Labute approximate surface area is 175 Å². The highest BCUT2D eigenvalue weighted by Gasteiger charge is 2.15. The second kappa shape index (κ2) is 12.6. The van der Waals surface area contributed by atoms with E-state index in [9.17, 15) is 0 Å². The Morgan fingerprint density at radius 1 is 0.828 bits per heavy atom. The third-order valence-electron chi connectivity index (χ3n) is 5.13. The van der Waals surface area contributed by atoms with Crippen molar-refractivity contribution < 1.29 is 18.9 Å². The second-order valence-corrected chi connectivity index (χ2v) is 7.40. The summed E-state index contributed by atoms with van der Waals surface area (Å²) >= 11 is 0. The van der Waals surface area contributed by atoms with Gasteiger partial charge in [0, 0.05) is 19.6 Å². The molecule has 0 aromatic heterocycles. The summed E-state index contributed by atoms with van der Waals surface area (Å²) < 4.78 is 22.4. The molecule has 1 atom stereocenters. The molecule has 2 aromatic carbocycles. The fourth-order valence-corrected chi connectivity index (χ4v) is 3.44. The Kier molecular flexibility index (Phi) is 9.51. The van der Waals surface area contributed by atoms with E-state index in [0.717, 1.165) is 57.7 Å². The quantitative estimate of drug-likeness (QED) is 0.434. The van der Waals surface area contributed by atoms with Crippen molar-refractivity contribution in [2.45, 2.75) is 51.7 Å². The maximum absolute atomic E-state index is 5.92. The highest BCUT2D eigenvalue weighted by molar-refractivity contribution is 5.64. The van der Waals surface area contributed by atoms with E-state index >= 15 is 0 Å². The molecule has 1 fully saturated rings. The van der Waals surface area contributed by atoms with Crippen molar-refractivity contribution in [3.05, 3.63) is 54.1 Å². The molecule has 2 aromatic rings. The molecule has 4 heteroatoms. The maximum Gasteiger partial charge on any atom is 0.199 e. The number of benzene rings is 2. The van der Waals surface area contributed by atoms with Crippen LogP contribution < -0.4 is 4.74 Å². The van der Waals surface area contributed by atoms with Crippen molar-refractivity contribution in [2.24, 2.45) is 0 Å². The van der Waals surface area contributed by atoms with E-state index in [1.165, 1.54) is 23.1 Å². The molecular formula is C25H34O4. The Hall–Kier alpha value is -1.88. The van der Waals surface area contributed by atoms with Gasteiger partial charge in [-0.25, -0.2) is 0 Å². The third kappa shape index (κ3) is 7.81. The molecule has 1 aliphatic rings. The average Bonchev–Trinajstić information content (AvgIpc) is 2.77. The van der Waals surface area contributed by atoms with Crippen molar-refractivity contribution in [3.8, 4) is 16.9 Å². The summed E-state index contributed by atoms with van der Waals surface area (Å²) in [6.45, 7) is 5.76. The highest BCUT2D eigenvalue weighted by atomic mass is 16.7. The third-order valence-corrected chi connectivity index (χ3v) is 5.13. The molecule has 0 saturated carbocycles. The summed E-state index contributed by atoms with van der Waals surface area (Å²) in [4.78, 5) is 0. The number of hydrogen-bond acceptors (Lipinski definition) is 4. The Bertz CT molecular complexity index is 675. The summed E-state index contributed by atoms with van der Waals surface area (Å²) in [7, 11) is 0. The molecule has 158 valence electrons. The molecule has 1 unspecified atom stereocenters. The molecule has 4 nitrogen and oxygen atoms in total. The maximum atomic E-state index is 5.92. The Morgan fingerprint density at radius 3 is 2.24 bits per heavy atom. The minimum atomic E-state index is -0.0936. The predicted molar refractivity (Wildman–Crippen MR) is 116 cm³/mol. The predicted octanol–water partition coefficient (Wildman–Crippen LogP) is 5.63. The van der Waals surface area contributed by atoms with Gasteiger partial charge in [-0.2, -0.15) is 0 Å². The van der Waals surface area contributed by atoms with Crippen LogP contribution in [-0.2, 0) is 20.6 Å². The monoisotopic (exact) mass is 398 g/mol. The van der Waals surface area contributed by atoms with Gasteiger partial charge in [-0.3, -0.25) is 0 Å². The molecule has 0 N–H and O–H groups in total. The van der Waals surface area contributed by atoms with Crippen LogP contribution in [0, 0.1) is 0 Å². The lowest BCUT2D eigenvalue weighted by Gasteiger charge is -2.23. The van der Waals surface area contributed by atoms with Gasteiger partial charge in [-0.05, 0) is 67.9 Å². The first-order valence-corrected chi connectivity index (χ1v) is 11.0. The average molecular weight is 399 g/mol. The van der Waals surface area contributed by atoms with Crippen LogP contribution in [0.3, 0.4) is 0 Å². The van der Waals surface area contributed by atoms with E-state index in [4.69, 9.17) is 18.9 Å². The summed E-state index contributed by atoms with van der Waals surface area (Å²) in [6, 6.07) is 17.2. The van der Waals surface area contributed by atoms with Gasteiger partial charge in [0.25, 0.3) is 0 Å². The minimum absolute atomic E-state index is 0.0936. The van der Waals surface area contributed by atoms with Crippen molar-refractivity contribution in [1.82, 2.24) is 0 Å². The molecule has 1 aliphatic heterocycles. The van der Waals surface area contributed by atoms with Crippen LogP contribution in [-0.4, -0.2) is 39.3 Å². The standard InChI is InChI=1S/C25H34O4/c1-2-26-19-20-27-17-5-3-7-21-9-11-22(12-10-21)23-13-15-24(16-14-23)29-25-8-4-6-18-28-25/h9-16,25H,2-8,17-20H2,1H3. The van der Waals surface area contributed by atoms with Crippen molar-refractivity contribution in [2.75, 3.05) is 33.0 Å². The van der Waals surface area contributed by atoms with Crippen molar-refractivity contribution in [3.63, 3.8) is 0 Å². The Balaban J connectivity index is 1.39. The minimum Gasteiger partial charge on any atom is -0.465 e. The van der Waals surface area contributed by atoms with Gasteiger partial charge < -0.3 is 18.9 Å². The van der Waals surface area contributed by atoms with Gasteiger partial charge in [0.05, 0.1) is 19.8 Å². The van der Waals surface area contributed by atoms with E-state index in [-0.39, 0.29) is 6.29 Å². The smallest absolute Gasteiger partial charge is 0.199 e. The molecule has 0 aliphatic carbocycles. The first kappa shape index (κ1) is 21.8. The number of aryl methyl sites for hydroxylation is 1. The number of rotatable bonds is 12. The van der Waals surface area contributed by atoms with Gasteiger partial charge in [-0.15, -0.1) is 0 Å². The molecule has 1 heterocycles. The fraction of sp³-hybridized carbons (Fsp3) is 0.520. The first-order chi connectivity index (χ1) is 14.3. The molecule has 0 bridgehead atoms. The molecule has 0 radical (unpaired) electrons. The van der Waals surface area contributed by atoms with Crippen LogP contribution in [0.15, 0.2) is 48.5 Å². The molecule has 0 amide bonds. The lowest BCUT2D eigenvalue weighted by Crippen LogP contribution is -2.24. The van der Waals surface area contributed by atoms with Crippen LogP contribution in [0.1, 0.15) is 44.6 Å². The van der Waals surface area contributed by atoms with E-state index < -0.39 is 0 Å². The number of unbranched alkanes of at least 4 members (excludes halogenated alkanes) is 1. The zero-order chi connectivity index (χ0) is 20.2. The highest BCUT2D eigenvalue weighted by Crippen LogP contribution is 2.25. The SMILES string of the molecule is CCOCCOCCCCc1ccc(-c2ccc(OC3CCCCO3)cc2)cc1. The van der Waals surface area contributed by atoms with Gasteiger partial charge in [0.15, 0.2) is 6.29 Å². The molecule has 3 rings (SSSR count). The molecular weight excluding hydrogens is 364 g/mol. The van der Waals surface area contributed by atoms with Crippen LogP contribution in [0.5, 0.6) is 5.75 Å². The first-order valence-electron chi connectivity index (χ1n) is 11.0. The van der Waals surface area contributed by atoms with E-state index in [1.54, 1.807) is 0 Å². The Morgan fingerprint density at radius 2 is 1.55 bits per heavy atom. The normalized spacial score (nSPS) is 16.7. The lowest BCUT2D eigenvalue weighted by atomic mass is 10.0. The van der Waals surface area contributed by atoms with Crippen LogP contribution in [0.2, 0.25) is 0 Å². The number of hydrogen-bond donors (Lipinski definition) is 0. The second-order valence-electron chi connectivity index (χ2n) is 7.40. The van der Waals surface area contributed by atoms with Gasteiger partial charge >= 0.3 is 0 Å². The molecule has 29 heavy (non-hydrogen) atoms. The summed E-state index contributed by atoms with van der Waals surface area (Å²) in [6.07, 6.45) is 6.51. The lowest BCUT2D eigenvalue weighted by molar-refractivity contribution is -0.105. The van der Waals surface area contributed by atoms with E-state index in [1.807, 2.05) is 19.1 Å². The van der Waals surface area contributed by atoms with E-state index in [2.05, 4.69) is 36.4 Å². The van der Waals surface area contributed by atoms with Crippen molar-refractivity contribution >= 4 is 0 Å². The summed E-state index contributed by atoms with van der Waals surface area (Å²) in [5.74, 6) is 0.876.